The third-order valence-corrected chi connectivity index (χ3v) is 5.73. The summed E-state index contributed by atoms with van der Waals surface area (Å²) in [6, 6.07) is 8.59. The number of benzene rings is 1. The van der Waals surface area contributed by atoms with Crippen molar-refractivity contribution in [3.05, 3.63) is 29.8 Å². The Bertz CT molecular complexity index is 393. The van der Waals surface area contributed by atoms with E-state index in [9.17, 15) is 0 Å². The first-order valence-corrected chi connectivity index (χ1v) is 10.6. The molecule has 0 bridgehead atoms. The van der Waals surface area contributed by atoms with Gasteiger partial charge in [0.2, 0.25) is 0 Å². The van der Waals surface area contributed by atoms with Crippen molar-refractivity contribution >= 4 is 22.6 Å². The summed E-state index contributed by atoms with van der Waals surface area (Å²) in [4.78, 5) is 2.62. The molecule has 2 nitrogen and oxygen atoms in total. The molecule has 1 aromatic rings. The highest BCUT2D eigenvalue weighted by molar-refractivity contribution is 14.1. The lowest BCUT2D eigenvalue weighted by molar-refractivity contribution is 0.249. The zero-order valence-corrected chi connectivity index (χ0v) is 17.3. The van der Waals surface area contributed by atoms with Crippen LogP contribution in [0.25, 0.3) is 0 Å². The van der Waals surface area contributed by atoms with Gasteiger partial charge in [0.1, 0.15) is 5.75 Å². The average molecular weight is 431 g/mol. The predicted octanol–water partition coefficient (Wildman–Crippen LogP) is 6.07. The molecule has 0 heterocycles. The van der Waals surface area contributed by atoms with Gasteiger partial charge in [0.15, 0.2) is 0 Å². The van der Waals surface area contributed by atoms with Crippen molar-refractivity contribution in [1.82, 2.24) is 4.90 Å². The van der Waals surface area contributed by atoms with Crippen LogP contribution in [0.3, 0.4) is 0 Å². The Morgan fingerprint density at radius 2 is 1.70 bits per heavy atom. The van der Waals surface area contributed by atoms with Crippen LogP contribution in [0.1, 0.15) is 64.9 Å². The molecular formula is C20H34INO. The predicted molar refractivity (Wildman–Crippen MR) is 110 cm³/mol. The van der Waals surface area contributed by atoms with Gasteiger partial charge in [-0.3, -0.25) is 4.90 Å². The first-order valence-electron chi connectivity index (χ1n) is 9.31. The fourth-order valence-corrected chi connectivity index (χ4v) is 3.32. The van der Waals surface area contributed by atoms with E-state index in [0.717, 1.165) is 25.2 Å². The summed E-state index contributed by atoms with van der Waals surface area (Å²) in [5.41, 5.74) is 1.40. The zero-order chi connectivity index (χ0) is 16.9. The van der Waals surface area contributed by atoms with Crippen LogP contribution in [0.15, 0.2) is 24.3 Å². The minimum absolute atomic E-state index is 0.686. The first kappa shape index (κ1) is 20.8. The lowest BCUT2D eigenvalue weighted by Gasteiger charge is -2.26. The molecule has 0 fully saturated rings. The number of aryl methyl sites for hydroxylation is 1. The Morgan fingerprint density at radius 1 is 0.957 bits per heavy atom. The van der Waals surface area contributed by atoms with Gasteiger partial charge in [0, 0.05) is 0 Å². The topological polar surface area (TPSA) is 12.5 Å². The van der Waals surface area contributed by atoms with Gasteiger partial charge in [0.05, 0.1) is 10.7 Å². The maximum Gasteiger partial charge on any atom is 0.119 e. The van der Waals surface area contributed by atoms with Gasteiger partial charge in [0.25, 0.3) is 0 Å². The number of unbranched alkanes of at least 4 members (excludes halogenated alkanes) is 2. The number of ether oxygens (including phenoxy) is 1. The molecule has 0 saturated carbocycles. The summed E-state index contributed by atoms with van der Waals surface area (Å²) in [7, 11) is 0. The van der Waals surface area contributed by atoms with E-state index in [1.807, 2.05) is 0 Å². The normalized spacial score (nSPS) is 12.6. The van der Waals surface area contributed by atoms with E-state index >= 15 is 0 Å². The van der Waals surface area contributed by atoms with E-state index < -0.39 is 0 Å². The molecule has 0 aliphatic heterocycles. The summed E-state index contributed by atoms with van der Waals surface area (Å²) in [6.07, 6.45) is 8.51. The Morgan fingerprint density at radius 3 is 2.30 bits per heavy atom. The molecule has 0 aromatic heterocycles. The highest BCUT2D eigenvalue weighted by Crippen LogP contribution is 2.15. The molecule has 1 aromatic carbocycles. The Hall–Kier alpha value is -0.290. The second-order valence-corrected chi connectivity index (χ2v) is 7.62. The smallest absolute Gasteiger partial charge is 0.119 e. The molecule has 0 amide bonds. The van der Waals surface area contributed by atoms with Gasteiger partial charge in [-0.05, 0) is 69.3 Å². The molecule has 1 rings (SSSR count). The Kier molecular flexibility index (Phi) is 11.8. The molecular weight excluding hydrogens is 397 g/mol. The average Bonchev–Trinajstić information content (AvgIpc) is 2.58. The molecule has 0 unspecified atom stereocenters. The summed E-state index contributed by atoms with van der Waals surface area (Å²) >= 11 is 2.58. The van der Waals surface area contributed by atoms with Gasteiger partial charge in [-0.2, -0.15) is 0 Å². The van der Waals surface area contributed by atoms with Crippen LogP contribution >= 0.6 is 22.6 Å². The number of alkyl halides is 1. The van der Waals surface area contributed by atoms with Gasteiger partial charge >= 0.3 is 0 Å². The van der Waals surface area contributed by atoms with E-state index in [1.165, 1.54) is 50.8 Å². The fourth-order valence-electron chi connectivity index (χ4n) is 2.76. The van der Waals surface area contributed by atoms with Crippen LogP contribution in [0.2, 0.25) is 0 Å². The number of rotatable bonds is 13. The van der Waals surface area contributed by atoms with Crippen LogP contribution in [0, 0.1) is 0 Å². The summed E-state index contributed by atoms with van der Waals surface area (Å²) in [6.45, 7) is 10.0. The van der Waals surface area contributed by atoms with Crippen LogP contribution < -0.4 is 4.74 Å². The quantitative estimate of drug-likeness (QED) is 0.163. The van der Waals surface area contributed by atoms with E-state index in [-0.39, 0.29) is 0 Å². The zero-order valence-electron chi connectivity index (χ0n) is 15.2. The lowest BCUT2D eigenvalue weighted by Crippen LogP contribution is -2.32. The van der Waals surface area contributed by atoms with Crippen molar-refractivity contribution < 1.29 is 4.74 Å². The minimum Gasteiger partial charge on any atom is -0.494 e. The molecule has 132 valence electrons. The maximum absolute atomic E-state index is 5.85. The number of hydrogen-bond acceptors (Lipinski definition) is 2. The largest absolute Gasteiger partial charge is 0.494 e. The molecule has 0 N–H and O–H groups in total. The number of hydrogen-bond donors (Lipinski definition) is 0. The van der Waals surface area contributed by atoms with Gasteiger partial charge < -0.3 is 4.74 Å². The second-order valence-electron chi connectivity index (χ2n) is 6.18. The first-order chi connectivity index (χ1) is 11.2. The van der Waals surface area contributed by atoms with Crippen molar-refractivity contribution in [2.75, 3.05) is 19.7 Å². The molecule has 0 saturated heterocycles. The molecule has 0 aliphatic rings. The summed E-state index contributed by atoms with van der Waals surface area (Å²) < 4.78 is 6.53. The van der Waals surface area contributed by atoms with Gasteiger partial charge in [-0.25, -0.2) is 0 Å². The molecule has 0 radical (unpaired) electrons. The molecule has 23 heavy (non-hydrogen) atoms. The van der Waals surface area contributed by atoms with Crippen molar-refractivity contribution in [2.45, 2.75) is 69.8 Å². The van der Waals surface area contributed by atoms with Crippen LogP contribution in [0.4, 0.5) is 0 Å². The van der Waals surface area contributed by atoms with Crippen LogP contribution in [0.5, 0.6) is 5.75 Å². The third kappa shape index (κ3) is 8.94. The minimum atomic E-state index is 0.686. The standard InChI is InChI=1S/C20H34INO/c1-4-10-18-11-13-19(14-12-18)23-17-9-7-8-16-22(15-5-2)20(21)6-3/h11-14,20H,4-10,15-17H2,1-3H3/t20-/m0/s1. The fraction of sp³-hybridized carbons (Fsp3) is 0.700. The monoisotopic (exact) mass is 431 g/mol. The van der Waals surface area contributed by atoms with Crippen LogP contribution in [-0.4, -0.2) is 28.6 Å². The van der Waals surface area contributed by atoms with Crippen molar-refractivity contribution in [3.63, 3.8) is 0 Å². The van der Waals surface area contributed by atoms with Gasteiger partial charge in [-0.15, -0.1) is 0 Å². The van der Waals surface area contributed by atoms with E-state index in [0.29, 0.717) is 4.05 Å². The highest BCUT2D eigenvalue weighted by Gasteiger charge is 2.11. The van der Waals surface area contributed by atoms with E-state index in [2.05, 4.69) is 72.5 Å². The maximum atomic E-state index is 5.85. The summed E-state index contributed by atoms with van der Waals surface area (Å²) in [5.74, 6) is 1.01. The number of nitrogens with zero attached hydrogens (tertiary/aromatic N) is 1. The van der Waals surface area contributed by atoms with Crippen LogP contribution in [-0.2, 0) is 6.42 Å². The van der Waals surface area contributed by atoms with E-state index in [1.54, 1.807) is 0 Å². The SMILES string of the molecule is CCCc1ccc(OCCCCCN(CCC)[C@H](I)CC)cc1. The molecule has 3 heteroatoms. The van der Waals surface area contributed by atoms with E-state index in [4.69, 9.17) is 4.74 Å². The third-order valence-electron chi connectivity index (χ3n) is 4.06. The van der Waals surface area contributed by atoms with Crippen molar-refractivity contribution in [1.29, 1.82) is 0 Å². The van der Waals surface area contributed by atoms with Crippen molar-refractivity contribution in [2.24, 2.45) is 0 Å². The molecule has 1 atom stereocenters. The second kappa shape index (κ2) is 13.1. The molecule has 0 aliphatic carbocycles. The lowest BCUT2D eigenvalue weighted by atomic mass is 10.1. The summed E-state index contributed by atoms with van der Waals surface area (Å²) in [5, 5.41) is 0. The Labute approximate surface area is 157 Å². The highest BCUT2D eigenvalue weighted by atomic mass is 127. The van der Waals surface area contributed by atoms with Crippen molar-refractivity contribution in [3.8, 4) is 5.75 Å². The Balaban J connectivity index is 2.14. The van der Waals surface area contributed by atoms with Gasteiger partial charge in [-0.1, -0.05) is 61.9 Å². The molecule has 0 spiro atoms. The number of halogens is 1.